The number of nitrogens with zero attached hydrogens (tertiary/aromatic N) is 1. The molecule has 0 aliphatic rings. The van der Waals surface area contributed by atoms with Crippen LogP contribution in [0.1, 0.15) is 5.56 Å². The molecule has 1 aromatic rings. The molecule has 0 spiro atoms. The van der Waals surface area contributed by atoms with Crippen molar-refractivity contribution in [2.45, 2.75) is 0 Å². The summed E-state index contributed by atoms with van der Waals surface area (Å²) in [4.78, 5) is 4.27. The van der Waals surface area contributed by atoms with Crippen molar-refractivity contribution in [3.05, 3.63) is 66.8 Å². The van der Waals surface area contributed by atoms with Crippen LogP contribution in [0.25, 0.3) is 5.57 Å². The van der Waals surface area contributed by atoms with Gasteiger partial charge in [-0.1, -0.05) is 49.6 Å². The molecule has 0 radical (unpaired) electrons. The number of aliphatic imine (C=N–C) groups is 1. The SMILES string of the molecule is C=CC(=C)/C=C(\C=NCNC)c1ccccc1. The van der Waals surface area contributed by atoms with E-state index in [1.807, 2.05) is 49.7 Å². The van der Waals surface area contributed by atoms with Crippen LogP contribution in [-0.4, -0.2) is 19.9 Å². The molecule has 0 heterocycles. The van der Waals surface area contributed by atoms with Crippen LogP contribution in [0.3, 0.4) is 0 Å². The van der Waals surface area contributed by atoms with Gasteiger partial charge in [0.2, 0.25) is 0 Å². The van der Waals surface area contributed by atoms with Crippen LogP contribution in [-0.2, 0) is 0 Å². The highest BCUT2D eigenvalue weighted by Crippen LogP contribution is 2.14. The largest absolute Gasteiger partial charge is 0.301 e. The fourth-order valence-electron chi connectivity index (χ4n) is 1.32. The summed E-state index contributed by atoms with van der Waals surface area (Å²) in [6.45, 7) is 8.20. The minimum atomic E-state index is 0.602. The zero-order chi connectivity index (χ0) is 12.5. The molecule has 0 saturated heterocycles. The van der Waals surface area contributed by atoms with Gasteiger partial charge in [0.25, 0.3) is 0 Å². The van der Waals surface area contributed by atoms with E-state index in [-0.39, 0.29) is 0 Å². The van der Waals surface area contributed by atoms with Crippen molar-refractivity contribution >= 4 is 11.8 Å². The molecule has 17 heavy (non-hydrogen) atoms. The average molecular weight is 226 g/mol. The lowest BCUT2D eigenvalue weighted by Crippen LogP contribution is -2.04. The van der Waals surface area contributed by atoms with Crippen molar-refractivity contribution in [3.63, 3.8) is 0 Å². The second-order valence-corrected chi connectivity index (χ2v) is 3.57. The summed E-state index contributed by atoms with van der Waals surface area (Å²) >= 11 is 0. The zero-order valence-electron chi connectivity index (χ0n) is 10.2. The molecular weight excluding hydrogens is 208 g/mol. The number of hydrogen-bond donors (Lipinski definition) is 1. The Bertz CT molecular complexity index is 427. The van der Waals surface area contributed by atoms with Gasteiger partial charge in [-0.2, -0.15) is 0 Å². The molecule has 0 aliphatic heterocycles. The predicted molar refractivity (Wildman–Crippen MR) is 76.2 cm³/mol. The molecule has 88 valence electrons. The first-order valence-corrected chi connectivity index (χ1v) is 5.51. The predicted octanol–water partition coefficient (Wildman–Crippen LogP) is 3.06. The van der Waals surface area contributed by atoms with E-state index in [0.717, 1.165) is 16.7 Å². The number of allylic oxidation sites excluding steroid dienone is 4. The maximum atomic E-state index is 4.27. The quantitative estimate of drug-likeness (QED) is 0.585. The van der Waals surface area contributed by atoms with Gasteiger partial charge in [0, 0.05) is 11.8 Å². The second-order valence-electron chi connectivity index (χ2n) is 3.57. The molecule has 0 aliphatic carbocycles. The smallest absolute Gasteiger partial charge is 0.0882 e. The highest BCUT2D eigenvalue weighted by molar-refractivity contribution is 6.10. The lowest BCUT2D eigenvalue weighted by molar-refractivity contribution is 0.838. The molecule has 1 rings (SSSR count). The lowest BCUT2D eigenvalue weighted by atomic mass is 10.0. The minimum absolute atomic E-state index is 0.602. The molecule has 0 unspecified atom stereocenters. The van der Waals surface area contributed by atoms with E-state index in [9.17, 15) is 0 Å². The van der Waals surface area contributed by atoms with E-state index in [2.05, 4.69) is 23.5 Å². The van der Waals surface area contributed by atoms with Gasteiger partial charge in [0.15, 0.2) is 0 Å². The lowest BCUT2D eigenvalue weighted by Gasteiger charge is -2.02. The summed E-state index contributed by atoms with van der Waals surface area (Å²) in [5.41, 5.74) is 3.03. The van der Waals surface area contributed by atoms with Crippen LogP contribution in [0.15, 0.2) is 66.2 Å². The Morgan fingerprint density at radius 3 is 2.65 bits per heavy atom. The summed E-state index contributed by atoms with van der Waals surface area (Å²) in [5, 5.41) is 2.97. The Balaban J connectivity index is 2.98. The Labute approximate surface area is 103 Å². The molecule has 0 amide bonds. The average Bonchev–Trinajstić information content (AvgIpc) is 2.38. The van der Waals surface area contributed by atoms with Crippen molar-refractivity contribution in [3.8, 4) is 0 Å². The van der Waals surface area contributed by atoms with E-state index < -0.39 is 0 Å². The first kappa shape index (κ1) is 13.1. The van der Waals surface area contributed by atoms with Crippen LogP contribution in [0, 0.1) is 0 Å². The number of hydrogen-bond acceptors (Lipinski definition) is 2. The van der Waals surface area contributed by atoms with Gasteiger partial charge >= 0.3 is 0 Å². The topological polar surface area (TPSA) is 24.4 Å². The second kappa shape index (κ2) is 7.36. The van der Waals surface area contributed by atoms with Crippen LogP contribution in [0.2, 0.25) is 0 Å². The van der Waals surface area contributed by atoms with E-state index in [4.69, 9.17) is 0 Å². The van der Waals surface area contributed by atoms with Crippen molar-refractivity contribution in [2.75, 3.05) is 13.7 Å². The third kappa shape index (κ3) is 4.62. The molecule has 1 N–H and O–H groups in total. The van der Waals surface area contributed by atoms with Crippen LogP contribution < -0.4 is 5.32 Å². The van der Waals surface area contributed by atoms with Crippen LogP contribution >= 0.6 is 0 Å². The summed E-state index contributed by atoms with van der Waals surface area (Å²) < 4.78 is 0. The van der Waals surface area contributed by atoms with Gasteiger partial charge in [-0.25, -0.2) is 0 Å². The summed E-state index contributed by atoms with van der Waals surface area (Å²) in [5.74, 6) is 0. The van der Waals surface area contributed by atoms with E-state index in [0.29, 0.717) is 6.67 Å². The molecule has 0 saturated carbocycles. The van der Waals surface area contributed by atoms with Gasteiger partial charge in [0.1, 0.15) is 0 Å². The first-order valence-electron chi connectivity index (χ1n) is 5.51. The summed E-state index contributed by atoms with van der Waals surface area (Å²) in [6.07, 6.45) is 5.55. The summed E-state index contributed by atoms with van der Waals surface area (Å²) in [7, 11) is 1.87. The Hall–Kier alpha value is -1.93. The molecule has 2 heteroatoms. The van der Waals surface area contributed by atoms with Gasteiger partial charge in [-0.3, -0.25) is 4.99 Å². The van der Waals surface area contributed by atoms with Crippen LogP contribution in [0.5, 0.6) is 0 Å². The molecule has 0 atom stereocenters. The van der Waals surface area contributed by atoms with Crippen molar-refractivity contribution in [2.24, 2.45) is 4.99 Å². The van der Waals surface area contributed by atoms with Gasteiger partial charge in [-0.05, 0) is 24.3 Å². The van der Waals surface area contributed by atoms with Crippen molar-refractivity contribution < 1.29 is 0 Å². The highest BCUT2D eigenvalue weighted by atomic mass is 15.0. The molecule has 2 nitrogen and oxygen atoms in total. The molecule has 0 bridgehead atoms. The maximum absolute atomic E-state index is 4.27. The minimum Gasteiger partial charge on any atom is -0.301 e. The molecule has 1 aromatic carbocycles. The van der Waals surface area contributed by atoms with Gasteiger partial charge in [0.05, 0.1) is 6.67 Å². The fourth-order valence-corrected chi connectivity index (χ4v) is 1.32. The zero-order valence-corrected chi connectivity index (χ0v) is 10.2. The standard InChI is InChI=1S/C15H18N2/c1-4-13(2)10-15(11-17-12-16-3)14-8-6-5-7-9-14/h4-11,16H,1-2,12H2,3H3/b15-10+,17-11?. The number of nitrogens with one attached hydrogen (secondary N) is 1. The first-order chi connectivity index (χ1) is 8.27. The Morgan fingerprint density at radius 1 is 1.35 bits per heavy atom. The van der Waals surface area contributed by atoms with Crippen LogP contribution in [0.4, 0.5) is 0 Å². The molecule has 0 fully saturated rings. The van der Waals surface area contributed by atoms with E-state index >= 15 is 0 Å². The van der Waals surface area contributed by atoms with Gasteiger partial charge in [-0.15, -0.1) is 0 Å². The molecule has 0 aromatic heterocycles. The van der Waals surface area contributed by atoms with E-state index in [1.54, 1.807) is 6.08 Å². The number of benzene rings is 1. The summed E-state index contributed by atoms with van der Waals surface area (Å²) in [6, 6.07) is 10.1. The van der Waals surface area contributed by atoms with Crippen molar-refractivity contribution in [1.29, 1.82) is 0 Å². The number of rotatable bonds is 6. The van der Waals surface area contributed by atoms with Crippen molar-refractivity contribution in [1.82, 2.24) is 5.32 Å². The maximum Gasteiger partial charge on any atom is 0.0882 e. The highest BCUT2D eigenvalue weighted by Gasteiger charge is 1.97. The normalized spacial score (nSPS) is 11.7. The van der Waals surface area contributed by atoms with E-state index in [1.165, 1.54) is 0 Å². The Morgan fingerprint density at radius 2 is 2.06 bits per heavy atom. The molecular formula is C15H18N2. The third-order valence-electron chi connectivity index (χ3n) is 2.19. The Kier molecular flexibility index (Phi) is 5.69. The fraction of sp³-hybridized carbons (Fsp3) is 0.133. The third-order valence-corrected chi connectivity index (χ3v) is 2.19. The van der Waals surface area contributed by atoms with Gasteiger partial charge < -0.3 is 5.32 Å². The monoisotopic (exact) mass is 226 g/mol.